The lowest BCUT2D eigenvalue weighted by atomic mass is 10.1. The fourth-order valence-electron chi connectivity index (χ4n) is 2.32. The summed E-state index contributed by atoms with van der Waals surface area (Å²) in [7, 11) is 0. The Balaban J connectivity index is 1.67. The smallest absolute Gasteiger partial charge is 0.246 e. The predicted octanol–water partition coefficient (Wildman–Crippen LogP) is 0.903. The minimum Gasteiger partial charge on any atom is -0.486 e. The number of fused-ring (bicyclic) bond motifs is 1. The highest BCUT2D eigenvalue weighted by Gasteiger charge is 2.14. The zero-order valence-corrected chi connectivity index (χ0v) is 11.3. The Labute approximate surface area is 118 Å². The molecule has 5 heteroatoms. The number of carbonyl (C=O) groups is 1. The van der Waals surface area contributed by atoms with E-state index in [1.54, 1.807) is 6.08 Å². The summed E-state index contributed by atoms with van der Waals surface area (Å²) in [6.07, 6.45) is 3.44. The molecule has 0 bridgehead atoms. The Morgan fingerprint density at radius 1 is 1.15 bits per heavy atom. The molecular weight excluding hydrogens is 256 g/mol. The summed E-state index contributed by atoms with van der Waals surface area (Å²) in [5.74, 6) is 1.57. The molecule has 3 rings (SSSR count). The van der Waals surface area contributed by atoms with Crippen molar-refractivity contribution in [2.45, 2.75) is 0 Å². The van der Waals surface area contributed by atoms with Gasteiger partial charge in [0.2, 0.25) is 5.91 Å². The molecule has 0 aliphatic carbocycles. The number of nitrogens with one attached hydrogen (secondary N) is 1. The number of ether oxygens (including phenoxy) is 2. The summed E-state index contributed by atoms with van der Waals surface area (Å²) in [6.45, 7) is 4.42. The highest BCUT2D eigenvalue weighted by molar-refractivity contribution is 5.92. The van der Waals surface area contributed by atoms with Gasteiger partial charge in [0.1, 0.15) is 13.2 Å². The summed E-state index contributed by atoms with van der Waals surface area (Å²) in [5, 5.41) is 3.23. The van der Waals surface area contributed by atoms with Crippen LogP contribution in [-0.2, 0) is 4.79 Å². The van der Waals surface area contributed by atoms with Crippen LogP contribution in [0.4, 0.5) is 0 Å². The fourth-order valence-corrected chi connectivity index (χ4v) is 2.32. The van der Waals surface area contributed by atoms with Crippen molar-refractivity contribution in [3.63, 3.8) is 0 Å². The Bertz CT molecular complexity index is 522. The van der Waals surface area contributed by atoms with E-state index in [1.807, 2.05) is 29.2 Å². The SMILES string of the molecule is O=C(/C=C\c1ccc2c(c1)OCCO2)N1CCNCC1. The molecule has 0 saturated carbocycles. The zero-order valence-electron chi connectivity index (χ0n) is 11.3. The molecule has 1 fully saturated rings. The number of carbonyl (C=O) groups excluding carboxylic acids is 1. The van der Waals surface area contributed by atoms with Crippen LogP contribution in [0.5, 0.6) is 11.5 Å². The Hall–Kier alpha value is -2.01. The van der Waals surface area contributed by atoms with Crippen LogP contribution in [0.1, 0.15) is 5.56 Å². The van der Waals surface area contributed by atoms with Gasteiger partial charge in [-0.15, -0.1) is 0 Å². The van der Waals surface area contributed by atoms with Crippen molar-refractivity contribution in [1.29, 1.82) is 0 Å². The Morgan fingerprint density at radius 3 is 2.70 bits per heavy atom. The van der Waals surface area contributed by atoms with E-state index in [2.05, 4.69) is 5.32 Å². The van der Waals surface area contributed by atoms with Crippen molar-refractivity contribution < 1.29 is 14.3 Å². The van der Waals surface area contributed by atoms with Gasteiger partial charge in [0.25, 0.3) is 0 Å². The van der Waals surface area contributed by atoms with Crippen LogP contribution >= 0.6 is 0 Å². The lowest BCUT2D eigenvalue weighted by Crippen LogP contribution is -2.45. The summed E-state index contributed by atoms with van der Waals surface area (Å²) >= 11 is 0. The monoisotopic (exact) mass is 274 g/mol. The van der Waals surface area contributed by atoms with Gasteiger partial charge in [0.15, 0.2) is 11.5 Å². The molecule has 1 N–H and O–H groups in total. The van der Waals surface area contributed by atoms with E-state index in [4.69, 9.17) is 9.47 Å². The molecule has 1 amide bonds. The number of hydrogen-bond acceptors (Lipinski definition) is 4. The highest BCUT2D eigenvalue weighted by atomic mass is 16.6. The molecule has 2 aliphatic rings. The van der Waals surface area contributed by atoms with E-state index >= 15 is 0 Å². The van der Waals surface area contributed by atoms with Gasteiger partial charge in [-0.3, -0.25) is 4.79 Å². The molecule has 0 atom stereocenters. The standard InChI is InChI=1S/C15H18N2O3/c18-15(17-7-5-16-6-8-17)4-2-12-1-3-13-14(11-12)20-10-9-19-13/h1-4,11,16H,5-10H2/b4-2-. The average Bonchev–Trinajstić information content (AvgIpc) is 2.53. The number of piperazine rings is 1. The van der Waals surface area contributed by atoms with Crippen molar-refractivity contribution in [2.24, 2.45) is 0 Å². The Morgan fingerprint density at radius 2 is 1.90 bits per heavy atom. The number of benzene rings is 1. The van der Waals surface area contributed by atoms with E-state index in [1.165, 1.54) is 0 Å². The molecular formula is C15H18N2O3. The van der Waals surface area contributed by atoms with Crippen LogP contribution in [0.15, 0.2) is 24.3 Å². The van der Waals surface area contributed by atoms with Crippen LogP contribution < -0.4 is 14.8 Å². The van der Waals surface area contributed by atoms with Crippen molar-refractivity contribution in [3.05, 3.63) is 29.8 Å². The normalized spacial score (nSPS) is 18.3. The van der Waals surface area contributed by atoms with Gasteiger partial charge in [-0.05, 0) is 23.8 Å². The molecule has 0 unspecified atom stereocenters. The van der Waals surface area contributed by atoms with Crippen molar-refractivity contribution >= 4 is 12.0 Å². The first-order valence-electron chi connectivity index (χ1n) is 6.90. The van der Waals surface area contributed by atoms with Gasteiger partial charge in [-0.2, -0.15) is 0 Å². The largest absolute Gasteiger partial charge is 0.486 e. The topological polar surface area (TPSA) is 50.8 Å². The fraction of sp³-hybridized carbons (Fsp3) is 0.400. The van der Waals surface area contributed by atoms with Gasteiger partial charge in [-0.25, -0.2) is 0 Å². The van der Waals surface area contributed by atoms with Crippen LogP contribution in [0.25, 0.3) is 6.08 Å². The molecule has 1 aromatic carbocycles. The zero-order chi connectivity index (χ0) is 13.8. The third-order valence-electron chi connectivity index (χ3n) is 3.41. The third-order valence-corrected chi connectivity index (χ3v) is 3.41. The van der Waals surface area contributed by atoms with E-state index in [0.29, 0.717) is 13.2 Å². The van der Waals surface area contributed by atoms with Crippen LogP contribution in [0.2, 0.25) is 0 Å². The number of rotatable bonds is 2. The lowest BCUT2D eigenvalue weighted by molar-refractivity contribution is -0.126. The van der Waals surface area contributed by atoms with Crippen LogP contribution in [-0.4, -0.2) is 50.2 Å². The van der Waals surface area contributed by atoms with E-state index < -0.39 is 0 Å². The number of nitrogens with zero attached hydrogens (tertiary/aromatic N) is 1. The lowest BCUT2D eigenvalue weighted by Gasteiger charge is -2.26. The maximum absolute atomic E-state index is 12.0. The van der Waals surface area contributed by atoms with E-state index in [-0.39, 0.29) is 5.91 Å². The second-order valence-corrected chi connectivity index (χ2v) is 4.81. The van der Waals surface area contributed by atoms with Crippen molar-refractivity contribution in [1.82, 2.24) is 10.2 Å². The second kappa shape index (κ2) is 5.96. The molecule has 5 nitrogen and oxygen atoms in total. The first kappa shape index (κ1) is 13.0. The maximum Gasteiger partial charge on any atom is 0.246 e. The van der Waals surface area contributed by atoms with Crippen LogP contribution in [0, 0.1) is 0 Å². The summed E-state index contributed by atoms with van der Waals surface area (Å²) < 4.78 is 11.0. The minimum absolute atomic E-state index is 0.0568. The van der Waals surface area contributed by atoms with Gasteiger partial charge < -0.3 is 19.7 Å². The first-order chi connectivity index (χ1) is 9.83. The molecule has 2 heterocycles. The van der Waals surface area contributed by atoms with E-state index in [0.717, 1.165) is 43.2 Å². The molecule has 1 saturated heterocycles. The highest BCUT2D eigenvalue weighted by Crippen LogP contribution is 2.31. The maximum atomic E-state index is 12.0. The third kappa shape index (κ3) is 2.93. The van der Waals surface area contributed by atoms with Crippen molar-refractivity contribution in [2.75, 3.05) is 39.4 Å². The molecule has 106 valence electrons. The molecule has 0 aromatic heterocycles. The summed E-state index contributed by atoms with van der Waals surface area (Å²) in [5.41, 5.74) is 0.942. The summed E-state index contributed by atoms with van der Waals surface area (Å²) in [6, 6.07) is 5.70. The summed E-state index contributed by atoms with van der Waals surface area (Å²) in [4.78, 5) is 13.9. The molecule has 20 heavy (non-hydrogen) atoms. The predicted molar refractivity (Wildman–Crippen MR) is 75.9 cm³/mol. The van der Waals surface area contributed by atoms with Crippen LogP contribution in [0.3, 0.4) is 0 Å². The second-order valence-electron chi connectivity index (χ2n) is 4.81. The molecule has 1 aromatic rings. The Kier molecular flexibility index (Phi) is 3.87. The molecule has 0 radical (unpaired) electrons. The van der Waals surface area contributed by atoms with Gasteiger partial charge in [0.05, 0.1) is 0 Å². The van der Waals surface area contributed by atoms with Gasteiger partial charge in [-0.1, -0.05) is 6.07 Å². The van der Waals surface area contributed by atoms with Crippen molar-refractivity contribution in [3.8, 4) is 11.5 Å². The average molecular weight is 274 g/mol. The minimum atomic E-state index is 0.0568. The van der Waals surface area contributed by atoms with E-state index in [9.17, 15) is 4.79 Å². The molecule has 2 aliphatic heterocycles. The number of amides is 1. The number of hydrogen-bond donors (Lipinski definition) is 1. The van der Waals surface area contributed by atoms with Gasteiger partial charge in [0, 0.05) is 32.3 Å². The first-order valence-corrected chi connectivity index (χ1v) is 6.90. The molecule has 0 spiro atoms. The van der Waals surface area contributed by atoms with Gasteiger partial charge >= 0.3 is 0 Å². The quantitative estimate of drug-likeness (QED) is 0.814.